The largest absolute Gasteiger partial charge is 0.311 e. The maximum Gasteiger partial charge on any atom is 0.0964 e. The molecule has 0 atom stereocenters. The van der Waals surface area contributed by atoms with Gasteiger partial charge in [0.15, 0.2) is 0 Å². The van der Waals surface area contributed by atoms with Crippen LogP contribution in [-0.2, 0) is 19.6 Å². The lowest BCUT2D eigenvalue weighted by Crippen LogP contribution is -2.23. The topological polar surface area (TPSA) is 46.0 Å². The first kappa shape index (κ1) is 15.7. The number of hydrogen-bond donors (Lipinski definition) is 1. The van der Waals surface area contributed by atoms with Gasteiger partial charge in [-0.25, -0.2) is 0 Å². The minimum absolute atomic E-state index is 0.799. The van der Waals surface area contributed by atoms with Crippen molar-refractivity contribution in [3.05, 3.63) is 47.8 Å². The molecule has 5 heteroatoms. The van der Waals surface area contributed by atoms with Gasteiger partial charge in [0, 0.05) is 25.8 Å². The molecule has 0 aliphatic rings. The van der Waals surface area contributed by atoms with Crippen molar-refractivity contribution in [1.29, 1.82) is 0 Å². The molecule has 21 heavy (non-hydrogen) atoms. The molecule has 114 valence electrons. The summed E-state index contributed by atoms with van der Waals surface area (Å²) in [6.45, 7) is 6.76. The molecule has 2 rings (SSSR count). The van der Waals surface area contributed by atoms with E-state index in [-0.39, 0.29) is 0 Å². The van der Waals surface area contributed by atoms with Crippen LogP contribution in [0, 0.1) is 0 Å². The van der Waals surface area contributed by atoms with E-state index in [9.17, 15) is 0 Å². The average Bonchev–Trinajstić information content (AvgIpc) is 2.94. The number of benzene rings is 1. The molecule has 1 N–H and O–H groups in total. The summed E-state index contributed by atoms with van der Waals surface area (Å²) in [6, 6.07) is 10.5. The number of likely N-dealkylation sites (N-methyl/N-ethyl adjacent to an activating group) is 1. The first-order valence-corrected chi connectivity index (χ1v) is 7.60. The van der Waals surface area contributed by atoms with Gasteiger partial charge in [0.1, 0.15) is 0 Å². The maximum absolute atomic E-state index is 4.18. The Hall–Kier alpha value is -1.72. The lowest BCUT2D eigenvalue weighted by molar-refractivity contribution is 0.304. The predicted octanol–water partition coefficient (Wildman–Crippen LogP) is 1.91. The van der Waals surface area contributed by atoms with Crippen LogP contribution >= 0.6 is 0 Å². The Bertz CT molecular complexity index is 508. The van der Waals surface area contributed by atoms with Crippen molar-refractivity contribution in [3.63, 3.8) is 0 Å². The highest BCUT2D eigenvalue weighted by atomic mass is 15.4. The van der Waals surface area contributed by atoms with Crippen molar-refractivity contribution in [2.24, 2.45) is 0 Å². The summed E-state index contributed by atoms with van der Waals surface area (Å²) in [6.07, 6.45) is 3.16. The quantitative estimate of drug-likeness (QED) is 0.716. The Morgan fingerprint density at radius 3 is 2.81 bits per heavy atom. The molecule has 0 fully saturated rings. The summed E-state index contributed by atoms with van der Waals surface area (Å²) in [5.41, 5.74) is 2.34. The second kappa shape index (κ2) is 8.54. The van der Waals surface area contributed by atoms with Crippen molar-refractivity contribution < 1.29 is 0 Å². The minimum Gasteiger partial charge on any atom is -0.311 e. The molecule has 0 saturated carbocycles. The number of rotatable bonds is 9. The van der Waals surface area contributed by atoms with E-state index in [2.05, 4.69) is 58.8 Å². The predicted molar refractivity (Wildman–Crippen MR) is 84.8 cm³/mol. The van der Waals surface area contributed by atoms with E-state index >= 15 is 0 Å². The van der Waals surface area contributed by atoms with Gasteiger partial charge in [-0.05, 0) is 25.6 Å². The van der Waals surface area contributed by atoms with Crippen molar-refractivity contribution in [2.45, 2.75) is 33.0 Å². The summed E-state index contributed by atoms with van der Waals surface area (Å²) in [5.74, 6) is 0. The second-order valence-electron chi connectivity index (χ2n) is 5.37. The number of nitrogens with one attached hydrogen (secondary N) is 1. The first-order valence-electron chi connectivity index (χ1n) is 7.60. The van der Waals surface area contributed by atoms with Gasteiger partial charge >= 0.3 is 0 Å². The van der Waals surface area contributed by atoms with Gasteiger partial charge in [-0.1, -0.05) is 42.5 Å². The standard InChI is InChI=1S/C16H25N5/c1-3-9-17-12-16-14-21(19-18-16)11-10-20(2)13-15-7-5-4-6-8-15/h4-8,14,17H,3,9-13H2,1-2H3. The Morgan fingerprint density at radius 1 is 1.24 bits per heavy atom. The zero-order valence-corrected chi connectivity index (χ0v) is 13.0. The van der Waals surface area contributed by atoms with Gasteiger partial charge in [0.2, 0.25) is 0 Å². The van der Waals surface area contributed by atoms with Crippen molar-refractivity contribution in [2.75, 3.05) is 20.1 Å². The van der Waals surface area contributed by atoms with Crippen LogP contribution in [0.1, 0.15) is 24.6 Å². The van der Waals surface area contributed by atoms with E-state index in [1.54, 1.807) is 0 Å². The number of nitrogens with zero attached hydrogens (tertiary/aromatic N) is 4. The van der Waals surface area contributed by atoms with Crippen LogP contribution in [0.15, 0.2) is 36.5 Å². The number of hydrogen-bond acceptors (Lipinski definition) is 4. The van der Waals surface area contributed by atoms with E-state index in [0.29, 0.717) is 0 Å². The molecule has 0 bridgehead atoms. The second-order valence-corrected chi connectivity index (χ2v) is 5.37. The molecule has 5 nitrogen and oxygen atoms in total. The van der Waals surface area contributed by atoms with Gasteiger partial charge in [-0.3, -0.25) is 4.68 Å². The highest BCUT2D eigenvalue weighted by Crippen LogP contribution is 2.02. The molecule has 0 saturated heterocycles. The summed E-state index contributed by atoms with van der Waals surface area (Å²) in [4.78, 5) is 2.30. The van der Waals surface area contributed by atoms with Gasteiger partial charge in [0.05, 0.1) is 12.2 Å². The van der Waals surface area contributed by atoms with Gasteiger partial charge < -0.3 is 10.2 Å². The molecule has 1 aromatic heterocycles. The fourth-order valence-electron chi connectivity index (χ4n) is 2.17. The summed E-state index contributed by atoms with van der Waals surface area (Å²) < 4.78 is 1.92. The van der Waals surface area contributed by atoms with E-state index in [4.69, 9.17) is 0 Å². The highest BCUT2D eigenvalue weighted by molar-refractivity contribution is 5.14. The van der Waals surface area contributed by atoms with E-state index in [0.717, 1.165) is 44.8 Å². The van der Waals surface area contributed by atoms with Gasteiger partial charge in [-0.2, -0.15) is 0 Å². The third-order valence-electron chi connectivity index (χ3n) is 3.33. The lowest BCUT2D eigenvalue weighted by Gasteiger charge is -2.16. The first-order chi connectivity index (χ1) is 10.3. The van der Waals surface area contributed by atoms with Crippen molar-refractivity contribution >= 4 is 0 Å². The highest BCUT2D eigenvalue weighted by Gasteiger charge is 2.03. The van der Waals surface area contributed by atoms with Crippen molar-refractivity contribution in [3.8, 4) is 0 Å². The Morgan fingerprint density at radius 2 is 2.05 bits per heavy atom. The summed E-state index contributed by atoms with van der Waals surface area (Å²) >= 11 is 0. The summed E-state index contributed by atoms with van der Waals surface area (Å²) in [5, 5.41) is 11.7. The van der Waals surface area contributed by atoms with Crippen LogP contribution in [0.3, 0.4) is 0 Å². The molecule has 0 unspecified atom stereocenters. The lowest BCUT2D eigenvalue weighted by atomic mass is 10.2. The molecule has 1 aromatic carbocycles. The summed E-state index contributed by atoms with van der Waals surface area (Å²) in [7, 11) is 2.13. The maximum atomic E-state index is 4.18. The van der Waals surface area contributed by atoms with Crippen LogP contribution in [0.5, 0.6) is 0 Å². The Labute approximate surface area is 127 Å². The zero-order chi connectivity index (χ0) is 14.9. The van der Waals surface area contributed by atoms with E-state index < -0.39 is 0 Å². The Balaban J connectivity index is 1.72. The SMILES string of the molecule is CCCNCc1cn(CCN(C)Cc2ccccc2)nn1. The Kier molecular flexibility index (Phi) is 6.37. The molecule has 0 spiro atoms. The zero-order valence-electron chi connectivity index (χ0n) is 13.0. The molecular formula is C16H25N5. The van der Waals surface area contributed by atoms with Gasteiger partial charge in [0.25, 0.3) is 0 Å². The molecule has 0 aliphatic heterocycles. The third kappa shape index (κ3) is 5.65. The van der Waals surface area contributed by atoms with Crippen LogP contribution in [0.2, 0.25) is 0 Å². The number of aromatic nitrogens is 3. The average molecular weight is 287 g/mol. The van der Waals surface area contributed by atoms with Crippen LogP contribution in [0.25, 0.3) is 0 Å². The molecule has 2 aromatic rings. The smallest absolute Gasteiger partial charge is 0.0964 e. The van der Waals surface area contributed by atoms with Crippen LogP contribution in [0.4, 0.5) is 0 Å². The monoisotopic (exact) mass is 287 g/mol. The van der Waals surface area contributed by atoms with Crippen molar-refractivity contribution in [1.82, 2.24) is 25.2 Å². The molecule has 0 amide bonds. The van der Waals surface area contributed by atoms with Gasteiger partial charge in [-0.15, -0.1) is 5.10 Å². The van der Waals surface area contributed by atoms with Crippen LogP contribution in [-0.4, -0.2) is 40.0 Å². The molecule has 0 radical (unpaired) electrons. The van der Waals surface area contributed by atoms with E-state index in [1.807, 2.05) is 16.9 Å². The molecule has 0 aliphatic carbocycles. The fraction of sp³-hybridized carbons (Fsp3) is 0.500. The van der Waals surface area contributed by atoms with E-state index in [1.165, 1.54) is 5.56 Å². The third-order valence-corrected chi connectivity index (χ3v) is 3.33. The fourth-order valence-corrected chi connectivity index (χ4v) is 2.17. The minimum atomic E-state index is 0.799. The normalized spacial score (nSPS) is 11.2. The molecular weight excluding hydrogens is 262 g/mol. The molecule has 1 heterocycles. The van der Waals surface area contributed by atoms with Crippen LogP contribution < -0.4 is 5.32 Å².